The highest BCUT2D eigenvalue weighted by Gasteiger charge is 2.33. The van der Waals surface area contributed by atoms with E-state index >= 15 is 0 Å². The van der Waals surface area contributed by atoms with Gasteiger partial charge in [0.15, 0.2) is 0 Å². The molecule has 5 heteroatoms. The van der Waals surface area contributed by atoms with Crippen LogP contribution in [0.4, 0.5) is 13.2 Å². The summed E-state index contributed by atoms with van der Waals surface area (Å²) in [6, 6.07) is 6.42. The third-order valence-corrected chi connectivity index (χ3v) is 3.30. The number of alkyl halides is 3. The monoisotopic (exact) mass is 259 g/mol. The van der Waals surface area contributed by atoms with E-state index in [1.54, 1.807) is 18.2 Å². The zero-order chi connectivity index (χ0) is 13.2. The lowest BCUT2D eigenvalue weighted by atomic mass is 9.81. The van der Waals surface area contributed by atoms with Crippen LogP contribution < -0.4 is 10.5 Å². The molecule has 1 aliphatic carbocycles. The van der Waals surface area contributed by atoms with Crippen molar-refractivity contribution < 1.29 is 17.9 Å². The van der Waals surface area contributed by atoms with Crippen LogP contribution in [0, 0.1) is 0 Å². The predicted octanol–water partition coefficient (Wildman–Crippen LogP) is 3.57. The topological polar surface area (TPSA) is 35.2 Å². The minimum absolute atomic E-state index is 0.0623. The van der Waals surface area contributed by atoms with Crippen molar-refractivity contribution in [2.24, 2.45) is 5.73 Å². The summed E-state index contributed by atoms with van der Waals surface area (Å²) in [6.07, 6.45) is -1.16. The zero-order valence-corrected chi connectivity index (χ0v) is 9.91. The number of rotatable bonds is 2. The number of halogens is 3. The number of benzene rings is 1. The van der Waals surface area contributed by atoms with E-state index < -0.39 is 6.36 Å². The molecule has 0 amide bonds. The van der Waals surface area contributed by atoms with E-state index in [1.807, 2.05) is 0 Å². The Kier molecular flexibility index (Phi) is 3.80. The molecule has 1 fully saturated rings. The number of hydrogen-bond acceptors (Lipinski definition) is 2. The lowest BCUT2D eigenvalue weighted by molar-refractivity contribution is -0.275. The second-order valence-corrected chi connectivity index (χ2v) is 4.71. The maximum atomic E-state index is 12.3. The van der Waals surface area contributed by atoms with Crippen molar-refractivity contribution in [1.29, 1.82) is 0 Å². The summed E-state index contributed by atoms with van der Waals surface area (Å²) in [6.45, 7) is 0. The summed E-state index contributed by atoms with van der Waals surface area (Å²) in [5, 5.41) is 0. The maximum Gasteiger partial charge on any atom is 0.573 e. The lowest BCUT2D eigenvalue weighted by Crippen LogP contribution is -2.27. The molecular formula is C13H16F3NO. The number of ether oxygens (including phenoxy) is 1. The smallest absolute Gasteiger partial charge is 0.405 e. The number of nitrogens with two attached hydrogens (primary N) is 1. The van der Waals surface area contributed by atoms with Crippen LogP contribution >= 0.6 is 0 Å². The van der Waals surface area contributed by atoms with Gasteiger partial charge < -0.3 is 10.5 Å². The van der Waals surface area contributed by atoms with E-state index in [-0.39, 0.29) is 17.7 Å². The van der Waals surface area contributed by atoms with Gasteiger partial charge in [0.25, 0.3) is 0 Å². The van der Waals surface area contributed by atoms with Gasteiger partial charge in [-0.1, -0.05) is 24.6 Å². The molecule has 2 rings (SSSR count). The summed E-state index contributed by atoms with van der Waals surface area (Å²) < 4.78 is 41.0. The molecule has 2 atom stereocenters. The molecule has 0 saturated heterocycles. The Balaban J connectivity index is 2.21. The minimum Gasteiger partial charge on any atom is -0.405 e. The standard InChI is InChI=1S/C13H16F3NO/c14-13(15,16)18-12-7-2-1-6-11(12)9-4-3-5-10(17)8-9/h1-2,6-7,9-10H,3-5,8,17H2. The average Bonchev–Trinajstić information content (AvgIpc) is 2.27. The second-order valence-electron chi connectivity index (χ2n) is 4.71. The van der Waals surface area contributed by atoms with E-state index in [2.05, 4.69) is 4.74 Å². The molecule has 0 heterocycles. The molecular weight excluding hydrogens is 243 g/mol. The molecule has 1 aromatic rings. The highest BCUT2D eigenvalue weighted by atomic mass is 19.4. The summed E-state index contributed by atoms with van der Waals surface area (Å²) in [4.78, 5) is 0. The Labute approximate surface area is 104 Å². The van der Waals surface area contributed by atoms with Gasteiger partial charge in [-0.05, 0) is 36.8 Å². The van der Waals surface area contributed by atoms with Crippen LogP contribution in [0.1, 0.15) is 37.2 Å². The van der Waals surface area contributed by atoms with Crippen molar-refractivity contribution in [2.45, 2.75) is 44.0 Å². The van der Waals surface area contributed by atoms with Crippen LogP contribution in [0.25, 0.3) is 0 Å². The molecule has 18 heavy (non-hydrogen) atoms. The third-order valence-electron chi connectivity index (χ3n) is 3.30. The average molecular weight is 259 g/mol. The van der Waals surface area contributed by atoms with Gasteiger partial charge in [-0.3, -0.25) is 0 Å². The third kappa shape index (κ3) is 3.38. The van der Waals surface area contributed by atoms with Crippen molar-refractivity contribution in [1.82, 2.24) is 0 Å². The van der Waals surface area contributed by atoms with Crippen molar-refractivity contribution in [3.8, 4) is 5.75 Å². The van der Waals surface area contributed by atoms with Gasteiger partial charge in [0.1, 0.15) is 5.75 Å². The zero-order valence-electron chi connectivity index (χ0n) is 9.91. The fourth-order valence-corrected chi connectivity index (χ4v) is 2.55. The number of hydrogen-bond donors (Lipinski definition) is 1. The highest BCUT2D eigenvalue weighted by Crippen LogP contribution is 2.38. The molecule has 2 N–H and O–H groups in total. The molecule has 1 aromatic carbocycles. The fraction of sp³-hybridized carbons (Fsp3) is 0.538. The summed E-state index contributed by atoms with van der Waals surface area (Å²) in [5.41, 5.74) is 6.49. The Hall–Kier alpha value is -1.23. The summed E-state index contributed by atoms with van der Waals surface area (Å²) in [7, 11) is 0. The largest absolute Gasteiger partial charge is 0.573 e. The van der Waals surface area contributed by atoms with Crippen LogP contribution in [-0.4, -0.2) is 12.4 Å². The fourth-order valence-electron chi connectivity index (χ4n) is 2.55. The normalized spacial score (nSPS) is 24.9. The van der Waals surface area contributed by atoms with Gasteiger partial charge in [0.05, 0.1) is 0 Å². The molecule has 0 aliphatic heterocycles. The van der Waals surface area contributed by atoms with E-state index in [0.29, 0.717) is 5.56 Å². The van der Waals surface area contributed by atoms with E-state index in [9.17, 15) is 13.2 Å². The first-order valence-electron chi connectivity index (χ1n) is 6.06. The quantitative estimate of drug-likeness (QED) is 0.881. The molecule has 1 saturated carbocycles. The molecule has 0 radical (unpaired) electrons. The minimum atomic E-state index is -4.65. The Bertz CT molecular complexity index is 405. The summed E-state index contributed by atoms with van der Waals surface area (Å²) in [5.74, 6) is -0.0311. The van der Waals surface area contributed by atoms with Gasteiger partial charge in [0.2, 0.25) is 0 Å². The van der Waals surface area contributed by atoms with Gasteiger partial charge in [-0.2, -0.15) is 0 Å². The van der Waals surface area contributed by atoms with E-state index in [4.69, 9.17) is 5.73 Å². The second kappa shape index (κ2) is 5.18. The van der Waals surface area contributed by atoms with Crippen molar-refractivity contribution in [3.05, 3.63) is 29.8 Å². The SMILES string of the molecule is NC1CCCC(c2ccccc2OC(F)(F)F)C1. The van der Waals surface area contributed by atoms with Gasteiger partial charge in [0, 0.05) is 6.04 Å². The molecule has 1 aliphatic rings. The van der Waals surface area contributed by atoms with Gasteiger partial charge >= 0.3 is 6.36 Å². The first-order chi connectivity index (χ1) is 8.46. The first-order valence-corrected chi connectivity index (χ1v) is 6.06. The van der Waals surface area contributed by atoms with Crippen LogP contribution in [0.3, 0.4) is 0 Å². The molecule has 2 unspecified atom stereocenters. The first kappa shape index (κ1) is 13.2. The molecule has 2 nitrogen and oxygen atoms in total. The predicted molar refractivity (Wildman–Crippen MR) is 62.3 cm³/mol. The molecule has 0 aromatic heterocycles. The maximum absolute atomic E-state index is 12.3. The van der Waals surface area contributed by atoms with Crippen LogP contribution in [0.15, 0.2) is 24.3 Å². The van der Waals surface area contributed by atoms with Gasteiger partial charge in [-0.25, -0.2) is 0 Å². The highest BCUT2D eigenvalue weighted by molar-refractivity contribution is 5.36. The van der Waals surface area contributed by atoms with Crippen LogP contribution in [0.2, 0.25) is 0 Å². The van der Waals surface area contributed by atoms with Crippen LogP contribution in [0.5, 0.6) is 5.75 Å². The molecule has 0 spiro atoms. The van der Waals surface area contributed by atoms with E-state index in [0.717, 1.165) is 25.7 Å². The number of para-hydroxylation sites is 1. The van der Waals surface area contributed by atoms with Gasteiger partial charge in [-0.15, -0.1) is 13.2 Å². The van der Waals surface area contributed by atoms with Crippen molar-refractivity contribution in [3.63, 3.8) is 0 Å². The van der Waals surface area contributed by atoms with Crippen molar-refractivity contribution >= 4 is 0 Å². The lowest BCUT2D eigenvalue weighted by Gasteiger charge is -2.28. The molecule has 0 bridgehead atoms. The Morgan fingerprint density at radius 2 is 1.89 bits per heavy atom. The van der Waals surface area contributed by atoms with Crippen LogP contribution in [-0.2, 0) is 0 Å². The van der Waals surface area contributed by atoms with E-state index in [1.165, 1.54) is 6.07 Å². The molecule has 100 valence electrons. The summed E-state index contributed by atoms with van der Waals surface area (Å²) >= 11 is 0. The Morgan fingerprint density at radius 1 is 1.17 bits per heavy atom. The van der Waals surface area contributed by atoms with Crippen molar-refractivity contribution in [2.75, 3.05) is 0 Å². The Morgan fingerprint density at radius 3 is 2.56 bits per heavy atom.